The van der Waals surface area contributed by atoms with Gasteiger partial charge in [0.2, 0.25) is 11.8 Å². The molecule has 32 heavy (non-hydrogen) atoms. The first-order valence-electron chi connectivity index (χ1n) is 11.8. The second-order valence-corrected chi connectivity index (χ2v) is 8.78. The van der Waals surface area contributed by atoms with Crippen LogP contribution < -0.4 is 10.1 Å². The van der Waals surface area contributed by atoms with Crippen LogP contribution in [-0.4, -0.2) is 42.5 Å². The predicted octanol–water partition coefficient (Wildman–Crippen LogP) is 4.59. The number of carbonyl (C=O) groups is 2. The Kier molecular flexibility index (Phi) is 9.14. The average molecular weight is 437 g/mol. The number of unbranched alkanes of at least 4 members (excludes halogenated alkanes) is 1. The van der Waals surface area contributed by atoms with E-state index in [9.17, 15) is 9.59 Å². The highest BCUT2D eigenvalue weighted by Crippen LogP contribution is 2.19. The molecule has 0 unspecified atom stereocenters. The molecule has 0 aliphatic carbocycles. The van der Waals surface area contributed by atoms with E-state index in [0.717, 1.165) is 56.5 Å². The Hall–Kier alpha value is -2.82. The van der Waals surface area contributed by atoms with Crippen LogP contribution in [0.1, 0.15) is 55.2 Å². The number of likely N-dealkylation sites (tertiary alicyclic amines) is 1. The van der Waals surface area contributed by atoms with Gasteiger partial charge in [-0.2, -0.15) is 0 Å². The zero-order valence-electron chi connectivity index (χ0n) is 19.4. The molecule has 0 aromatic heterocycles. The Morgan fingerprint density at radius 3 is 2.50 bits per heavy atom. The highest BCUT2D eigenvalue weighted by atomic mass is 16.5. The zero-order chi connectivity index (χ0) is 22.8. The molecule has 1 aliphatic rings. The molecular formula is C27H36N2O3. The predicted molar refractivity (Wildman–Crippen MR) is 128 cm³/mol. The molecule has 5 heteroatoms. The molecule has 1 aliphatic heterocycles. The molecule has 1 saturated heterocycles. The standard InChI is InChI=1S/C27H36N2O3/c1-21-11-12-22(2)25(20-21)32-19-7-6-10-27(31)29-17-15-24(16-18-29)28-26(30)14-13-23-8-4-3-5-9-23/h3-5,8-9,11-12,20,24H,6-7,10,13-19H2,1-2H3,(H,28,30). The number of rotatable bonds is 10. The maximum atomic E-state index is 12.5. The van der Waals surface area contributed by atoms with E-state index in [4.69, 9.17) is 4.74 Å². The average Bonchev–Trinajstić information content (AvgIpc) is 2.80. The van der Waals surface area contributed by atoms with E-state index in [1.165, 1.54) is 11.1 Å². The smallest absolute Gasteiger partial charge is 0.222 e. The van der Waals surface area contributed by atoms with Gasteiger partial charge in [0.05, 0.1) is 6.61 Å². The maximum absolute atomic E-state index is 12.5. The van der Waals surface area contributed by atoms with Gasteiger partial charge >= 0.3 is 0 Å². The normalized spacial score (nSPS) is 14.2. The summed E-state index contributed by atoms with van der Waals surface area (Å²) in [6.07, 6.45) is 5.19. The van der Waals surface area contributed by atoms with Crippen molar-refractivity contribution in [3.05, 3.63) is 65.2 Å². The quantitative estimate of drug-likeness (QED) is 0.554. The number of ether oxygens (including phenoxy) is 1. The minimum absolute atomic E-state index is 0.0995. The van der Waals surface area contributed by atoms with Gasteiger partial charge in [-0.05, 0) is 68.7 Å². The summed E-state index contributed by atoms with van der Waals surface area (Å²) in [7, 11) is 0. The summed E-state index contributed by atoms with van der Waals surface area (Å²) in [6, 6.07) is 16.5. The first-order chi connectivity index (χ1) is 15.5. The fraction of sp³-hybridized carbons (Fsp3) is 0.481. The Morgan fingerprint density at radius 1 is 1.00 bits per heavy atom. The molecule has 0 saturated carbocycles. The molecule has 2 aromatic rings. The molecule has 1 fully saturated rings. The molecule has 2 amide bonds. The van der Waals surface area contributed by atoms with Crippen molar-refractivity contribution in [1.82, 2.24) is 10.2 Å². The van der Waals surface area contributed by atoms with E-state index in [0.29, 0.717) is 19.4 Å². The Labute approximate surface area is 192 Å². The Morgan fingerprint density at radius 2 is 1.75 bits per heavy atom. The molecule has 172 valence electrons. The second kappa shape index (κ2) is 12.3. The van der Waals surface area contributed by atoms with Crippen LogP contribution in [0.4, 0.5) is 0 Å². The summed E-state index contributed by atoms with van der Waals surface area (Å²) in [5.74, 6) is 1.25. The van der Waals surface area contributed by atoms with Crippen molar-refractivity contribution in [1.29, 1.82) is 0 Å². The summed E-state index contributed by atoms with van der Waals surface area (Å²) in [5, 5.41) is 3.14. The largest absolute Gasteiger partial charge is 0.493 e. The van der Waals surface area contributed by atoms with Crippen LogP contribution in [0, 0.1) is 13.8 Å². The van der Waals surface area contributed by atoms with Crippen molar-refractivity contribution in [3.63, 3.8) is 0 Å². The lowest BCUT2D eigenvalue weighted by molar-refractivity contribution is -0.132. The van der Waals surface area contributed by atoms with Crippen molar-refractivity contribution >= 4 is 11.8 Å². The zero-order valence-corrected chi connectivity index (χ0v) is 19.4. The van der Waals surface area contributed by atoms with E-state index in [1.807, 2.05) is 42.2 Å². The van der Waals surface area contributed by atoms with Crippen molar-refractivity contribution in [3.8, 4) is 5.75 Å². The van der Waals surface area contributed by atoms with E-state index < -0.39 is 0 Å². The molecule has 0 spiro atoms. The molecular weight excluding hydrogens is 400 g/mol. The molecule has 1 heterocycles. The van der Waals surface area contributed by atoms with Gasteiger partial charge in [0.25, 0.3) is 0 Å². The molecule has 0 bridgehead atoms. The summed E-state index contributed by atoms with van der Waals surface area (Å²) in [6.45, 7) is 6.19. The van der Waals surface area contributed by atoms with E-state index >= 15 is 0 Å². The third-order valence-corrected chi connectivity index (χ3v) is 6.08. The lowest BCUT2D eigenvalue weighted by Gasteiger charge is -2.32. The van der Waals surface area contributed by atoms with Gasteiger partial charge in [0.1, 0.15) is 5.75 Å². The first-order valence-corrected chi connectivity index (χ1v) is 11.8. The van der Waals surface area contributed by atoms with E-state index in [-0.39, 0.29) is 17.9 Å². The summed E-state index contributed by atoms with van der Waals surface area (Å²) in [4.78, 5) is 26.7. The van der Waals surface area contributed by atoms with Crippen LogP contribution in [0.3, 0.4) is 0 Å². The summed E-state index contributed by atoms with van der Waals surface area (Å²) < 4.78 is 5.88. The maximum Gasteiger partial charge on any atom is 0.222 e. The van der Waals surface area contributed by atoms with Crippen LogP contribution in [0.15, 0.2) is 48.5 Å². The van der Waals surface area contributed by atoms with Gasteiger partial charge in [-0.25, -0.2) is 0 Å². The van der Waals surface area contributed by atoms with Crippen LogP contribution in [-0.2, 0) is 16.0 Å². The Balaban J connectivity index is 1.27. The summed E-state index contributed by atoms with van der Waals surface area (Å²) >= 11 is 0. The highest BCUT2D eigenvalue weighted by Gasteiger charge is 2.23. The number of benzene rings is 2. The minimum atomic E-state index is 0.0995. The minimum Gasteiger partial charge on any atom is -0.493 e. The fourth-order valence-electron chi connectivity index (χ4n) is 4.06. The third kappa shape index (κ3) is 7.70. The molecule has 0 atom stereocenters. The monoisotopic (exact) mass is 436 g/mol. The number of carbonyl (C=O) groups excluding carboxylic acids is 2. The number of nitrogens with one attached hydrogen (secondary N) is 1. The molecule has 3 rings (SSSR count). The fourth-order valence-corrected chi connectivity index (χ4v) is 4.06. The number of hydrogen-bond acceptors (Lipinski definition) is 3. The van der Waals surface area contributed by atoms with E-state index in [2.05, 4.69) is 30.4 Å². The van der Waals surface area contributed by atoms with Gasteiger partial charge in [0.15, 0.2) is 0 Å². The lowest BCUT2D eigenvalue weighted by Crippen LogP contribution is -2.46. The van der Waals surface area contributed by atoms with Gasteiger partial charge in [-0.1, -0.05) is 42.5 Å². The second-order valence-electron chi connectivity index (χ2n) is 8.78. The molecule has 2 aromatic carbocycles. The molecule has 1 N–H and O–H groups in total. The molecule has 0 radical (unpaired) electrons. The third-order valence-electron chi connectivity index (χ3n) is 6.08. The van der Waals surface area contributed by atoms with Gasteiger partial charge < -0.3 is 15.0 Å². The van der Waals surface area contributed by atoms with Crippen LogP contribution in [0.5, 0.6) is 5.75 Å². The van der Waals surface area contributed by atoms with Gasteiger partial charge in [-0.15, -0.1) is 0 Å². The number of aryl methyl sites for hydroxylation is 3. The lowest BCUT2D eigenvalue weighted by atomic mass is 10.0. The number of piperidine rings is 1. The number of nitrogens with zero attached hydrogens (tertiary/aromatic N) is 1. The Bertz CT molecular complexity index is 874. The van der Waals surface area contributed by atoms with Crippen molar-refractivity contribution in [2.24, 2.45) is 0 Å². The van der Waals surface area contributed by atoms with Crippen LogP contribution in [0.25, 0.3) is 0 Å². The topological polar surface area (TPSA) is 58.6 Å². The summed E-state index contributed by atoms with van der Waals surface area (Å²) in [5.41, 5.74) is 3.51. The van der Waals surface area contributed by atoms with Crippen molar-refractivity contribution in [2.45, 2.75) is 64.8 Å². The molecule has 5 nitrogen and oxygen atoms in total. The number of hydrogen-bond donors (Lipinski definition) is 1. The first kappa shape index (κ1) is 23.8. The van der Waals surface area contributed by atoms with E-state index in [1.54, 1.807) is 0 Å². The van der Waals surface area contributed by atoms with Crippen LogP contribution >= 0.6 is 0 Å². The van der Waals surface area contributed by atoms with Crippen LogP contribution in [0.2, 0.25) is 0 Å². The SMILES string of the molecule is Cc1ccc(C)c(OCCCCC(=O)N2CCC(NC(=O)CCc3ccccc3)CC2)c1. The van der Waals surface area contributed by atoms with Crippen molar-refractivity contribution < 1.29 is 14.3 Å². The number of amides is 2. The van der Waals surface area contributed by atoms with Gasteiger partial charge in [0, 0.05) is 32.0 Å². The van der Waals surface area contributed by atoms with Gasteiger partial charge in [-0.3, -0.25) is 9.59 Å². The van der Waals surface area contributed by atoms with Crippen molar-refractivity contribution in [2.75, 3.05) is 19.7 Å². The highest BCUT2D eigenvalue weighted by molar-refractivity contribution is 5.77.